The lowest BCUT2D eigenvalue weighted by atomic mass is 9.96. The van der Waals surface area contributed by atoms with Crippen LogP contribution in [0.5, 0.6) is 0 Å². The maximum Gasteiger partial charge on any atom is 0.338 e. The van der Waals surface area contributed by atoms with Crippen LogP contribution in [-0.4, -0.2) is 28.2 Å². The van der Waals surface area contributed by atoms with Gasteiger partial charge in [-0.1, -0.05) is 46.7 Å². The second kappa shape index (κ2) is 10.1. The third-order valence-electron chi connectivity index (χ3n) is 5.27. The maximum atomic E-state index is 13.5. The molecular formula is C24H19Cl2N3O5S. The molecule has 1 aliphatic rings. The van der Waals surface area contributed by atoms with E-state index in [0.717, 1.165) is 11.3 Å². The SMILES string of the molecule is CCOC(=O)C1=C(C)N=c2s/c(=C\Nc3cc(C(=O)O)ccc3Cl)c(=O)n2[C@@H]1c1ccc(Cl)cc1. The van der Waals surface area contributed by atoms with Crippen LogP contribution in [-0.2, 0) is 9.53 Å². The Kier molecular flexibility index (Phi) is 7.11. The molecule has 0 aliphatic carbocycles. The molecular weight excluding hydrogens is 513 g/mol. The Balaban J connectivity index is 1.85. The van der Waals surface area contributed by atoms with Gasteiger partial charge in [0.05, 0.1) is 40.2 Å². The number of carbonyl (C=O) groups excluding carboxylic acids is 1. The first-order valence-corrected chi connectivity index (χ1v) is 12.0. The number of allylic oxidation sites excluding steroid dienone is 1. The average molecular weight is 532 g/mol. The van der Waals surface area contributed by atoms with Crippen LogP contribution in [0.1, 0.15) is 35.8 Å². The molecule has 2 N–H and O–H groups in total. The third-order valence-corrected chi connectivity index (χ3v) is 6.84. The van der Waals surface area contributed by atoms with Crippen molar-refractivity contribution in [2.45, 2.75) is 19.9 Å². The molecule has 0 unspecified atom stereocenters. The molecule has 8 nitrogen and oxygen atoms in total. The van der Waals surface area contributed by atoms with E-state index in [-0.39, 0.29) is 27.8 Å². The summed E-state index contributed by atoms with van der Waals surface area (Å²) < 4.78 is 6.99. The van der Waals surface area contributed by atoms with Crippen molar-refractivity contribution in [3.8, 4) is 0 Å². The fourth-order valence-corrected chi connectivity index (χ4v) is 4.93. The minimum atomic E-state index is -1.10. The number of hydrogen-bond donors (Lipinski definition) is 2. The smallest absolute Gasteiger partial charge is 0.338 e. The van der Waals surface area contributed by atoms with Crippen molar-refractivity contribution in [2.24, 2.45) is 4.99 Å². The fraction of sp³-hybridized carbons (Fsp3) is 0.167. The third kappa shape index (κ3) is 4.88. The standard InChI is InChI=1S/C24H19Cl2N3O5S/c1-3-34-23(33)19-12(2)28-24-29(20(19)13-4-7-15(25)8-5-13)21(30)18(35-24)11-27-17-10-14(22(31)32)6-9-16(17)26/h4-11,20,27H,3H2,1-2H3,(H,31,32)/b18-11-/t20-/m1/s1. The topological polar surface area (TPSA) is 110 Å². The zero-order valence-corrected chi connectivity index (χ0v) is 20.9. The number of halogens is 2. The van der Waals surface area contributed by atoms with Crippen LogP contribution in [0.2, 0.25) is 10.0 Å². The van der Waals surface area contributed by atoms with Crippen LogP contribution in [0.15, 0.2) is 63.5 Å². The van der Waals surface area contributed by atoms with Crippen LogP contribution >= 0.6 is 34.5 Å². The summed E-state index contributed by atoms with van der Waals surface area (Å²) in [5.74, 6) is -1.66. The summed E-state index contributed by atoms with van der Waals surface area (Å²) in [6, 6.07) is 10.3. The number of nitrogens with one attached hydrogen (secondary N) is 1. The van der Waals surface area contributed by atoms with Gasteiger partial charge in [0.2, 0.25) is 0 Å². The highest BCUT2D eigenvalue weighted by Gasteiger charge is 2.33. The summed E-state index contributed by atoms with van der Waals surface area (Å²) in [5, 5.41) is 13.0. The van der Waals surface area contributed by atoms with E-state index in [0.29, 0.717) is 31.8 Å². The van der Waals surface area contributed by atoms with E-state index in [1.54, 1.807) is 38.1 Å². The summed E-state index contributed by atoms with van der Waals surface area (Å²) in [4.78, 5) is 42.5. The first kappa shape index (κ1) is 24.7. The normalized spacial score (nSPS) is 15.4. The molecule has 180 valence electrons. The van der Waals surface area contributed by atoms with Crippen LogP contribution in [0.3, 0.4) is 0 Å². The van der Waals surface area contributed by atoms with Gasteiger partial charge in [-0.25, -0.2) is 14.6 Å². The van der Waals surface area contributed by atoms with E-state index < -0.39 is 18.0 Å². The largest absolute Gasteiger partial charge is 0.478 e. The molecule has 0 saturated carbocycles. The van der Waals surface area contributed by atoms with Crippen molar-refractivity contribution >= 4 is 58.4 Å². The van der Waals surface area contributed by atoms with Crippen molar-refractivity contribution in [3.05, 3.63) is 94.6 Å². The van der Waals surface area contributed by atoms with Gasteiger partial charge >= 0.3 is 11.9 Å². The highest BCUT2D eigenvalue weighted by molar-refractivity contribution is 7.07. The average Bonchev–Trinajstić information content (AvgIpc) is 3.13. The molecule has 0 saturated heterocycles. The van der Waals surface area contributed by atoms with Gasteiger partial charge in [0.1, 0.15) is 4.53 Å². The molecule has 0 radical (unpaired) electrons. The number of ether oxygens (including phenoxy) is 1. The van der Waals surface area contributed by atoms with E-state index >= 15 is 0 Å². The number of carbonyl (C=O) groups is 2. The minimum absolute atomic E-state index is 0.0456. The van der Waals surface area contributed by atoms with Crippen LogP contribution in [0.4, 0.5) is 5.69 Å². The number of carboxylic acids is 1. The van der Waals surface area contributed by atoms with Crippen LogP contribution in [0, 0.1) is 0 Å². The molecule has 0 amide bonds. The summed E-state index contributed by atoms with van der Waals surface area (Å²) >= 11 is 13.4. The van der Waals surface area contributed by atoms with Crippen LogP contribution in [0.25, 0.3) is 6.20 Å². The lowest BCUT2D eigenvalue weighted by Crippen LogP contribution is -2.40. The van der Waals surface area contributed by atoms with Gasteiger partial charge in [-0.3, -0.25) is 9.36 Å². The van der Waals surface area contributed by atoms with Gasteiger partial charge in [-0.05, 0) is 49.7 Å². The lowest BCUT2D eigenvalue weighted by Gasteiger charge is -2.24. The molecule has 11 heteroatoms. The Bertz CT molecular complexity index is 1540. The van der Waals surface area contributed by atoms with Gasteiger partial charge < -0.3 is 15.2 Å². The van der Waals surface area contributed by atoms with E-state index in [2.05, 4.69) is 10.3 Å². The summed E-state index contributed by atoms with van der Waals surface area (Å²) in [5.41, 5.74) is 1.37. The molecule has 1 aliphatic heterocycles. The Morgan fingerprint density at radius 1 is 1.23 bits per heavy atom. The zero-order chi connectivity index (χ0) is 25.3. The lowest BCUT2D eigenvalue weighted by molar-refractivity contribution is -0.139. The van der Waals surface area contributed by atoms with Crippen molar-refractivity contribution in [3.63, 3.8) is 0 Å². The van der Waals surface area contributed by atoms with E-state index in [4.69, 9.17) is 27.9 Å². The first-order chi connectivity index (χ1) is 16.7. The predicted octanol–water partition coefficient (Wildman–Crippen LogP) is 3.82. The number of aromatic nitrogens is 1. The Morgan fingerprint density at radius 2 is 1.94 bits per heavy atom. The molecule has 0 fully saturated rings. The monoisotopic (exact) mass is 531 g/mol. The van der Waals surface area contributed by atoms with Crippen molar-refractivity contribution in [1.82, 2.24) is 4.57 Å². The van der Waals surface area contributed by atoms with Crippen molar-refractivity contribution in [1.29, 1.82) is 0 Å². The summed E-state index contributed by atoms with van der Waals surface area (Å²) in [6.07, 6.45) is 1.44. The summed E-state index contributed by atoms with van der Waals surface area (Å²) in [7, 11) is 0. The number of nitrogens with zero attached hydrogens (tertiary/aromatic N) is 2. The number of fused-ring (bicyclic) bond motifs is 1. The summed E-state index contributed by atoms with van der Waals surface area (Å²) in [6.45, 7) is 3.58. The van der Waals surface area contributed by atoms with E-state index in [9.17, 15) is 19.5 Å². The Morgan fingerprint density at radius 3 is 2.60 bits per heavy atom. The first-order valence-electron chi connectivity index (χ1n) is 10.4. The van der Waals surface area contributed by atoms with E-state index in [1.807, 2.05) is 0 Å². The zero-order valence-electron chi connectivity index (χ0n) is 18.5. The van der Waals surface area contributed by atoms with Gasteiger partial charge in [-0.15, -0.1) is 0 Å². The highest BCUT2D eigenvalue weighted by Crippen LogP contribution is 2.31. The maximum absolute atomic E-state index is 13.5. The number of carboxylic acid groups (broad SMARTS) is 1. The van der Waals surface area contributed by atoms with Gasteiger partial charge in [0, 0.05) is 11.2 Å². The minimum Gasteiger partial charge on any atom is -0.478 e. The number of esters is 1. The fourth-order valence-electron chi connectivity index (χ4n) is 3.66. The second-order valence-electron chi connectivity index (χ2n) is 7.50. The quantitative estimate of drug-likeness (QED) is 0.467. The van der Waals surface area contributed by atoms with E-state index in [1.165, 1.54) is 29.0 Å². The second-order valence-corrected chi connectivity index (χ2v) is 9.35. The molecule has 0 spiro atoms. The Hall–Kier alpha value is -3.40. The van der Waals surface area contributed by atoms with Crippen molar-refractivity contribution in [2.75, 3.05) is 11.9 Å². The number of hydrogen-bond acceptors (Lipinski definition) is 7. The van der Waals surface area contributed by atoms with Gasteiger partial charge in [0.15, 0.2) is 4.80 Å². The number of aromatic carboxylic acids is 1. The molecule has 3 aromatic rings. The highest BCUT2D eigenvalue weighted by atomic mass is 35.5. The number of rotatable bonds is 6. The molecule has 35 heavy (non-hydrogen) atoms. The van der Waals surface area contributed by atoms with Gasteiger partial charge in [0.25, 0.3) is 5.56 Å². The number of benzene rings is 2. The predicted molar refractivity (Wildman–Crippen MR) is 135 cm³/mol. The number of thiazole rings is 1. The molecule has 1 atom stereocenters. The number of anilines is 1. The van der Waals surface area contributed by atoms with Crippen LogP contribution < -0.4 is 20.2 Å². The molecule has 0 bridgehead atoms. The van der Waals surface area contributed by atoms with Gasteiger partial charge in [-0.2, -0.15) is 0 Å². The van der Waals surface area contributed by atoms with Crippen molar-refractivity contribution < 1.29 is 19.4 Å². The Labute approximate surface area is 213 Å². The molecule has 2 aromatic carbocycles. The molecule has 2 heterocycles. The molecule has 4 rings (SSSR count). The molecule has 1 aromatic heterocycles.